The van der Waals surface area contributed by atoms with E-state index in [0.717, 1.165) is 0 Å². The number of hydrogen-bond donors (Lipinski definition) is 3. The molecule has 0 bridgehead atoms. The zero-order chi connectivity index (χ0) is 16.1. The molecule has 1 aromatic carbocycles. The van der Waals surface area contributed by atoms with Gasteiger partial charge < -0.3 is 5.11 Å². The van der Waals surface area contributed by atoms with E-state index in [1.54, 1.807) is 13.0 Å². The third-order valence-corrected chi connectivity index (χ3v) is 5.61. The summed E-state index contributed by atoms with van der Waals surface area (Å²) in [5, 5.41) is 9.45. The Morgan fingerprint density at radius 2 is 1.86 bits per heavy atom. The van der Waals surface area contributed by atoms with Crippen LogP contribution in [0.1, 0.15) is 25.5 Å². The summed E-state index contributed by atoms with van der Waals surface area (Å²) >= 11 is 0. The SMILES string of the molecule is CCNS(=O)(=O)CCNS(=O)(=O)c1cccc(C(C)O)c1. The van der Waals surface area contributed by atoms with Crippen LogP contribution in [-0.4, -0.2) is 40.8 Å². The molecule has 1 aromatic rings. The van der Waals surface area contributed by atoms with E-state index in [-0.39, 0.29) is 23.7 Å². The van der Waals surface area contributed by atoms with Gasteiger partial charge in [-0.05, 0) is 24.6 Å². The summed E-state index contributed by atoms with van der Waals surface area (Å²) in [5.74, 6) is -0.337. The van der Waals surface area contributed by atoms with E-state index in [2.05, 4.69) is 9.44 Å². The maximum absolute atomic E-state index is 12.0. The Hall–Kier alpha value is -1.00. The number of benzene rings is 1. The molecular weight excluding hydrogens is 316 g/mol. The molecule has 0 aromatic heterocycles. The fourth-order valence-electron chi connectivity index (χ4n) is 1.63. The Labute approximate surface area is 125 Å². The lowest BCUT2D eigenvalue weighted by atomic mass is 10.1. The summed E-state index contributed by atoms with van der Waals surface area (Å²) < 4.78 is 51.4. The van der Waals surface area contributed by atoms with Gasteiger partial charge in [-0.25, -0.2) is 26.3 Å². The maximum atomic E-state index is 12.0. The lowest BCUT2D eigenvalue weighted by Gasteiger charge is -2.10. The molecule has 120 valence electrons. The second-order valence-electron chi connectivity index (χ2n) is 4.46. The molecule has 3 N–H and O–H groups in total. The van der Waals surface area contributed by atoms with Gasteiger partial charge in [0.15, 0.2) is 0 Å². The molecule has 0 aliphatic rings. The highest BCUT2D eigenvalue weighted by atomic mass is 32.2. The summed E-state index contributed by atoms with van der Waals surface area (Å²) in [7, 11) is -7.28. The van der Waals surface area contributed by atoms with Crippen molar-refractivity contribution in [3.63, 3.8) is 0 Å². The number of aliphatic hydroxyl groups is 1. The van der Waals surface area contributed by atoms with E-state index in [9.17, 15) is 21.9 Å². The number of hydrogen-bond acceptors (Lipinski definition) is 5. The molecule has 0 saturated carbocycles. The van der Waals surface area contributed by atoms with Crippen molar-refractivity contribution in [1.82, 2.24) is 9.44 Å². The third-order valence-electron chi connectivity index (χ3n) is 2.68. The van der Waals surface area contributed by atoms with Crippen LogP contribution in [0, 0.1) is 0 Å². The van der Waals surface area contributed by atoms with Crippen molar-refractivity contribution in [2.45, 2.75) is 24.8 Å². The number of sulfonamides is 2. The summed E-state index contributed by atoms with van der Waals surface area (Å²) in [6.07, 6.45) is -0.783. The third kappa shape index (κ3) is 5.71. The Kier molecular flexibility index (Phi) is 6.29. The quantitative estimate of drug-likeness (QED) is 0.616. The zero-order valence-electron chi connectivity index (χ0n) is 11.9. The molecule has 0 fully saturated rings. The van der Waals surface area contributed by atoms with Crippen molar-refractivity contribution in [1.29, 1.82) is 0 Å². The Bertz CT molecular complexity index is 669. The molecule has 0 aliphatic carbocycles. The van der Waals surface area contributed by atoms with E-state index in [4.69, 9.17) is 0 Å². The smallest absolute Gasteiger partial charge is 0.240 e. The van der Waals surface area contributed by atoms with Crippen molar-refractivity contribution in [2.75, 3.05) is 18.8 Å². The van der Waals surface area contributed by atoms with Crippen LogP contribution in [0.15, 0.2) is 29.2 Å². The van der Waals surface area contributed by atoms with Gasteiger partial charge in [-0.2, -0.15) is 0 Å². The van der Waals surface area contributed by atoms with Crippen LogP contribution < -0.4 is 9.44 Å². The second-order valence-corrected chi connectivity index (χ2v) is 8.16. The summed E-state index contributed by atoms with van der Waals surface area (Å²) in [6.45, 7) is 3.20. The van der Waals surface area contributed by atoms with Crippen LogP contribution in [0.2, 0.25) is 0 Å². The molecule has 0 aliphatic heterocycles. The summed E-state index contributed by atoms with van der Waals surface area (Å²) in [4.78, 5) is -0.0123. The van der Waals surface area contributed by atoms with Gasteiger partial charge >= 0.3 is 0 Å². The topological polar surface area (TPSA) is 113 Å². The van der Waals surface area contributed by atoms with E-state index in [1.807, 2.05) is 0 Å². The molecule has 1 unspecified atom stereocenters. The molecule has 21 heavy (non-hydrogen) atoms. The average Bonchev–Trinajstić information content (AvgIpc) is 2.38. The molecule has 0 radical (unpaired) electrons. The number of aliphatic hydroxyl groups excluding tert-OH is 1. The van der Waals surface area contributed by atoms with Crippen LogP contribution in [0.25, 0.3) is 0 Å². The zero-order valence-corrected chi connectivity index (χ0v) is 13.5. The molecule has 0 amide bonds. The van der Waals surface area contributed by atoms with Crippen LogP contribution in [0.3, 0.4) is 0 Å². The van der Waals surface area contributed by atoms with E-state index in [1.165, 1.54) is 25.1 Å². The van der Waals surface area contributed by atoms with Crippen molar-refractivity contribution in [3.8, 4) is 0 Å². The highest BCUT2D eigenvalue weighted by Gasteiger charge is 2.17. The Morgan fingerprint density at radius 3 is 2.43 bits per heavy atom. The van der Waals surface area contributed by atoms with E-state index >= 15 is 0 Å². The first-order valence-electron chi connectivity index (χ1n) is 6.43. The lowest BCUT2D eigenvalue weighted by Crippen LogP contribution is -2.34. The number of rotatable bonds is 8. The molecule has 1 rings (SSSR count). The van der Waals surface area contributed by atoms with Crippen LogP contribution in [0.5, 0.6) is 0 Å². The monoisotopic (exact) mass is 336 g/mol. The van der Waals surface area contributed by atoms with Crippen molar-refractivity contribution in [3.05, 3.63) is 29.8 Å². The van der Waals surface area contributed by atoms with Crippen molar-refractivity contribution >= 4 is 20.0 Å². The first-order valence-corrected chi connectivity index (χ1v) is 9.56. The molecule has 0 heterocycles. The van der Waals surface area contributed by atoms with Gasteiger partial charge in [0.2, 0.25) is 20.0 Å². The van der Waals surface area contributed by atoms with E-state index in [0.29, 0.717) is 5.56 Å². The minimum absolute atomic E-state index is 0.0123. The molecular formula is C12H20N2O5S2. The van der Waals surface area contributed by atoms with E-state index < -0.39 is 26.2 Å². The fourth-order valence-corrected chi connectivity index (χ4v) is 3.80. The van der Waals surface area contributed by atoms with Crippen LogP contribution in [-0.2, 0) is 20.0 Å². The van der Waals surface area contributed by atoms with Crippen molar-refractivity contribution in [2.24, 2.45) is 0 Å². The average molecular weight is 336 g/mol. The molecule has 9 heteroatoms. The lowest BCUT2D eigenvalue weighted by molar-refractivity contribution is 0.199. The van der Waals surface area contributed by atoms with Crippen molar-refractivity contribution < 1.29 is 21.9 Å². The molecule has 0 saturated heterocycles. The Balaban J connectivity index is 2.76. The first kappa shape index (κ1) is 18.1. The van der Waals surface area contributed by atoms with Gasteiger partial charge in [-0.1, -0.05) is 19.1 Å². The van der Waals surface area contributed by atoms with Gasteiger partial charge in [-0.15, -0.1) is 0 Å². The largest absolute Gasteiger partial charge is 0.389 e. The fraction of sp³-hybridized carbons (Fsp3) is 0.500. The predicted octanol–water partition coefficient (Wildman–Crippen LogP) is -0.0425. The van der Waals surface area contributed by atoms with Gasteiger partial charge in [0.1, 0.15) is 0 Å². The minimum Gasteiger partial charge on any atom is -0.389 e. The van der Waals surface area contributed by atoms with Gasteiger partial charge in [0.05, 0.1) is 16.8 Å². The highest BCUT2D eigenvalue weighted by molar-refractivity contribution is 7.90. The van der Waals surface area contributed by atoms with Crippen LogP contribution in [0.4, 0.5) is 0 Å². The van der Waals surface area contributed by atoms with Gasteiger partial charge in [0, 0.05) is 13.1 Å². The standard InChI is InChI=1S/C12H20N2O5S2/c1-3-13-20(16,17)8-7-14-21(18,19)12-6-4-5-11(9-12)10(2)15/h4-6,9-10,13-15H,3,7-8H2,1-2H3. The summed E-state index contributed by atoms with van der Waals surface area (Å²) in [6, 6.07) is 5.87. The first-order chi connectivity index (χ1) is 9.68. The second kappa shape index (κ2) is 7.32. The van der Waals surface area contributed by atoms with Gasteiger partial charge in [0.25, 0.3) is 0 Å². The minimum atomic E-state index is -3.81. The van der Waals surface area contributed by atoms with Gasteiger partial charge in [-0.3, -0.25) is 0 Å². The molecule has 1 atom stereocenters. The predicted molar refractivity (Wildman–Crippen MR) is 79.7 cm³/mol. The maximum Gasteiger partial charge on any atom is 0.240 e. The highest BCUT2D eigenvalue weighted by Crippen LogP contribution is 2.16. The number of nitrogens with one attached hydrogen (secondary N) is 2. The van der Waals surface area contributed by atoms with Crippen LogP contribution >= 0.6 is 0 Å². The normalized spacial score (nSPS) is 14.0. The Morgan fingerprint density at radius 1 is 1.19 bits per heavy atom. The molecule has 7 nitrogen and oxygen atoms in total. The molecule has 0 spiro atoms. The summed E-state index contributed by atoms with van der Waals surface area (Å²) in [5.41, 5.74) is 0.471.